The van der Waals surface area contributed by atoms with E-state index in [-0.39, 0.29) is 6.61 Å². The quantitative estimate of drug-likeness (QED) is 0.580. The third-order valence-corrected chi connectivity index (χ3v) is 2.72. The van der Waals surface area contributed by atoms with Crippen molar-refractivity contribution < 1.29 is 29.2 Å². The van der Waals surface area contributed by atoms with Crippen LogP contribution in [0.4, 0.5) is 0 Å². The smallest absolute Gasteiger partial charge is 0.186 e. The summed E-state index contributed by atoms with van der Waals surface area (Å²) < 4.78 is 20.9. The molecular formula is C9H16O6. The second kappa shape index (κ2) is 4.32. The average molecular weight is 220 g/mol. The highest BCUT2D eigenvalue weighted by Gasteiger charge is 2.48. The lowest BCUT2D eigenvalue weighted by Crippen LogP contribution is -2.58. The Hall–Kier alpha value is -0.240. The second-order valence-electron chi connectivity index (χ2n) is 3.76. The molecule has 2 aliphatic rings. The van der Waals surface area contributed by atoms with Gasteiger partial charge in [-0.25, -0.2) is 0 Å². The maximum Gasteiger partial charge on any atom is 0.186 e. The van der Waals surface area contributed by atoms with E-state index in [4.69, 9.17) is 18.9 Å². The van der Waals surface area contributed by atoms with Crippen molar-refractivity contribution in [2.24, 2.45) is 0 Å². The van der Waals surface area contributed by atoms with Crippen LogP contribution in [0.2, 0.25) is 0 Å². The van der Waals surface area contributed by atoms with E-state index in [9.17, 15) is 10.2 Å². The van der Waals surface area contributed by atoms with Gasteiger partial charge in [0, 0.05) is 7.11 Å². The minimum absolute atomic E-state index is 0.228. The summed E-state index contributed by atoms with van der Waals surface area (Å²) in [6.45, 7) is 1.94. The van der Waals surface area contributed by atoms with Crippen molar-refractivity contribution in [3.63, 3.8) is 0 Å². The predicted octanol–water partition coefficient (Wildman–Crippen LogP) is -1.16. The molecule has 6 heteroatoms. The van der Waals surface area contributed by atoms with Crippen LogP contribution in [-0.4, -0.2) is 60.9 Å². The van der Waals surface area contributed by atoms with Gasteiger partial charge in [0.25, 0.3) is 0 Å². The first-order valence-electron chi connectivity index (χ1n) is 4.95. The molecule has 2 bridgehead atoms. The lowest BCUT2D eigenvalue weighted by Gasteiger charge is -2.39. The van der Waals surface area contributed by atoms with Crippen molar-refractivity contribution in [2.45, 2.75) is 43.9 Å². The van der Waals surface area contributed by atoms with Gasteiger partial charge >= 0.3 is 0 Å². The fourth-order valence-electron chi connectivity index (χ4n) is 1.89. The van der Waals surface area contributed by atoms with Gasteiger partial charge < -0.3 is 29.2 Å². The summed E-state index contributed by atoms with van der Waals surface area (Å²) in [6, 6.07) is 0. The van der Waals surface area contributed by atoms with Crippen LogP contribution in [0.5, 0.6) is 0 Å². The zero-order valence-corrected chi connectivity index (χ0v) is 8.70. The standard InChI is InChI=1S/C9H16O6/c1-4-13-3-5-6(10)8(14-4)7(11)9(12-2)15-5/h4-11H,3H2,1-2H3. The summed E-state index contributed by atoms with van der Waals surface area (Å²) in [6.07, 6.45) is -4.40. The molecule has 6 atom stereocenters. The van der Waals surface area contributed by atoms with Gasteiger partial charge in [0.1, 0.15) is 24.4 Å². The van der Waals surface area contributed by atoms with Crippen molar-refractivity contribution in [1.29, 1.82) is 0 Å². The normalized spacial score (nSPS) is 51.2. The molecule has 0 aromatic rings. The first-order chi connectivity index (χ1) is 7.13. The first-order valence-corrected chi connectivity index (χ1v) is 4.95. The van der Waals surface area contributed by atoms with Gasteiger partial charge in [-0.2, -0.15) is 0 Å². The molecule has 2 heterocycles. The fraction of sp³-hybridized carbons (Fsp3) is 1.00. The van der Waals surface area contributed by atoms with Gasteiger partial charge in [-0.3, -0.25) is 0 Å². The Morgan fingerprint density at radius 2 is 1.93 bits per heavy atom. The molecule has 2 saturated heterocycles. The van der Waals surface area contributed by atoms with Crippen LogP contribution in [0.3, 0.4) is 0 Å². The van der Waals surface area contributed by atoms with E-state index in [0.717, 1.165) is 0 Å². The second-order valence-corrected chi connectivity index (χ2v) is 3.76. The summed E-state index contributed by atoms with van der Waals surface area (Å²) in [4.78, 5) is 0. The molecule has 2 N–H and O–H groups in total. The third-order valence-electron chi connectivity index (χ3n) is 2.72. The Balaban J connectivity index is 2.17. The van der Waals surface area contributed by atoms with Gasteiger partial charge in [0.05, 0.1) is 6.61 Å². The van der Waals surface area contributed by atoms with Crippen molar-refractivity contribution in [1.82, 2.24) is 0 Å². The highest BCUT2D eigenvalue weighted by molar-refractivity contribution is 4.91. The molecule has 6 nitrogen and oxygen atoms in total. The number of ether oxygens (including phenoxy) is 4. The number of hydrogen-bond acceptors (Lipinski definition) is 6. The van der Waals surface area contributed by atoms with Gasteiger partial charge in [-0.05, 0) is 6.92 Å². The van der Waals surface area contributed by atoms with Crippen molar-refractivity contribution in [2.75, 3.05) is 13.7 Å². The highest BCUT2D eigenvalue weighted by atomic mass is 16.7. The number of rotatable bonds is 1. The summed E-state index contributed by atoms with van der Waals surface area (Å²) in [5.74, 6) is 0. The van der Waals surface area contributed by atoms with E-state index >= 15 is 0 Å². The van der Waals surface area contributed by atoms with Gasteiger partial charge in [-0.1, -0.05) is 0 Å². The zero-order chi connectivity index (χ0) is 11.0. The lowest BCUT2D eigenvalue weighted by molar-refractivity contribution is -0.291. The van der Waals surface area contributed by atoms with Gasteiger partial charge in [0.15, 0.2) is 12.6 Å². The van der Waals surface area contributed by atoms with Gasteiger partial charge in [0.2, 0.25) is 0 Å². The third kappa shape index (κ3) is 2.01. The van der Waals surface area contributed by atoms with Crippen molar-refractivity contribution in [3.8, 4) is 0 Å². The number of aliphatic hydroxyl groups is 2. The Kier molecular flexibility index (Phi) is 3.24. The van der Waals surface area contributed by atoms with E-state index in [1.54, 1.807) is 6.92 Å². The van der Waals surface area contributed by atoms with Crippen LogP contribution in [-0.2, 0) is 18.9 Å². The highest BCUT2D eigenvalue weighted by Crippen LogP contribution is 2.27. The molecule has 2 aliphatic heterocycles. The van der Waals surface area contributed by atoms with Crippen LogP contribution in [0.1, 0.15) is 6.92 Å². The van der Waals surface area contributed by atoms with Crippen LogP contribution >= 0.6 is 0 Å². The SMILES string of the molecule is COC1OC2COC(C)OC(C2O)C1O. The minimum atomic E-state index is -1.01. The lowest BCUT2D eigenvalue weighted by atomic mass is 9.99. The summed E-state index contributed by atoms with van der Waals surface area (Å²) in [5.41, 5.74) is 0. The molecule has 88 valence electrons. The minimum Gasteiger partial charge on any atom is -0.387 e. The van der Waals surface area contributed by atoms with Crippen LogP contribution in [0.15, 0.2) is 0 Å². The molecule has 0 radical (unpaired) electrons. The molecular weight excluding hydrogens is 204 g/mol. The molecule has 2 fully saturated rings. The molecule has 0 aromatic carbocycles. The van der Waals surface area contributed by atoms with Crippen molar-refractivity contribution in [3.05, 3.63) is 0 Å². The first kappa shape index (κ1) is 11.3. The molecule has 0 aromatic heterocycles. The van der Waals surface area contributed by atoms with Crippen LogP contribution in [0.25, 0.3) is 0 Å². The predicted molar refractivity (Wildman–Crippen MR) is 48.0 cm³/mol. The van der Waals surface area contributed by atoms with E-state index < -0.39 is 37.0 Å². The number of methoxy groups -OCH3 is 1. The molecule has 2 rings (SSSR count). The Morgan fingerprint density at radius 3 is 2.60 bits per heavy atom. The molecule has 0 saturated carbocycles. The number of fused-ring (bicyclic) bond motifs is 2. The maximum atomic E-state index is 9.82. The van der Waals surface area contributed by atoms with Crippen LogP contribution < -0.4 is 0 Å². The zero-order valence-electron chi connectivity index (χ0n) is 8.70. The Labute approximate surface area is 87.7 Å². The van der Waals surface area contributed by atoms with E-state index in [1.807, 2.05) is 0 Å². The summed E-state index contributed by atoms with van der Waals surface area (Å²) in [7, 11) is 1.43. The van der Waals surface area contributed by atoms with E-state index in [2.05, 4.69) is 0 Å². The van der Waals surface area contributed by atoms with Crippen LogP contribution in [0, 0.1) is 0 Å². The van der Waals surface area contributed by atoms with E-state index in [1.165, 1.54) is 7.11 Å². The number of hydrogen-bond donors (Lipinski definition) is 2. The molecule has 6 unspecified atom stereocenters. The Bertz CT molecular complexity index is 223. The molecule has 15 heavy (non-hydrogen) atoms. The summed E-state index contributed by atoms with van der Waals surface area (Å²) in [5, 5.41) is 19.6. The molecule has 0 amide bonds. The summed E-state index contributed by atoms with van der Waals surface area (Å²) >= 11 is 0. The molecule has 0 aliphatic carbocycles. The fourth-order valence-corrected chi connectivity index (χ4v) is 1.89. The Morgan fingerprint density at radius 1 is 1.20 bits per heavy atom. The topological polar surface area (TPSA) is 77.4 Å². The van der Waals surface area contributed by atoms with Gasteiger partial charge in [-0.15, -0.1) is 0 Å². The molecule has 0 spiro atoms. The number of aliphatic hydroxyl groups excluding tert-OH is 2. The van der Waals surface area contributed by atoms with E-state index in [0.29, 0.717) is 0 Å². The van der Waals surface area contributed by atoms with Crippen molar-refractivity contribution >= 4 is 0 Å². The maximum absolute atomic E-state index is 9.82. The average Bonchev–Trinajstić information content (AvgIpc) is 2.31. The largest absolute Gasteiger partial charge is 0.387 e. The monoisotopic (exact) mass is 220 g/mol.